The summed E-state index contributed by atoms with van der Waals surface area (Å²) >= 11 is 0. The lowest BCUT2D eigenvalue weighted by molar-refractivity contribution is -0.138. The van der Waals surface area contributed by atoms with Gasteiger partial charge in [0.05, 0.1) is 22.7 Å². The van der Waals surface area contributed by atoms with E-state index in [1.54, 1.807) is 24.3 Å². The summed E-state index contributed by atoms with van der Waals surface area (Å²) in [5.74, 6) is 0.121. The molecule has 0 amide bonds. The van der Waals surface area contributed by atoms with E-state index in [-0.39, 0.29) is 35.9 Å². The Hall–Kier alpha value is -2.66. The molecule has 0 saturated carbocycles. The number of sulfonamides is 1. The highest BCUT2D eigenvalue weighted by molar-refractivity contribution is 7.89. The second-order valence-corrected chi connectivity index (χ2v) is 12.9. The fourth-order valence-corrected chi connectivity index (χ4v) is 7.57. The van der Waals surface area contributed by atoms with Gasteiger partial charge in [-0.3, -0.25) is 0 Å². The number of fused-ring (bicyclic) bond motifs is 3. The summed E-state index contributed by atoms with van der Waals surface area (Å²) in [6.07, 6.45) is 5.32. The van der Waals surface area contributed by atoms with Crippen LogP contribution >= 0.6 is 0 Å². The maximum atomic E-state index is 13.7. The Morgan fingerprint density at radius 2 is 1.88 bits per heavy atom. The molecular formula is C30H36F3N3O3S. The van der Waals surface area contributed by atoms with Crippen molar-refractivity contribution in [3.63, 3.8) is 0 Å². The van der Waals surface area contributed by atoms with E-state index in [1.165, 1.54) is 16.4 Å². The van der Waals surface area contributed by atoms with E-state index in [1.807, 2.05) is 19.1 Å². The summed E-state index contributed by atoms with van der Waals surface area (Å²) < 4.78 is 76.2. The summed E-state index contributed by atoms with van der Waals surface area (Å²) in [5, 5.41) is 3.53. The minimum atomic E-state index is -4.48. The molecule has 10 heteroatoms. The number of halogens is 3. The predicted molar refractivity (Wildman–Crippen MR) is 149 cm³/mol. The molecule has 0 bridgehead atoms. The first-order valence-corrected chi connectivity index (χ1v) is 15.3. The van der Waals surface area contributed by atoms with Gasteiger partial charge in [0.2, 0.25) is 10.0 Å². The lowest BCUT2D eigenvalue weighted by atomic mass is 9.73. The zero-order valence-corrected chi connectivity index (χ0v) is 23.3. The highest BCUT2D eigenvalue weighted by Crippen LogP contribution is 2.49. The number of alkyl halides is 3. The first kappa shape index (κ1) is 28.9. The molecule has 2 aromatic rings. The molecule has 1 saturated heterocycles. The topological polar surface area (TPSA) is 84.7 Å². The number of allylic oxidation sites excluding steroid dienone is 3. The van der Waals surface area contributed by atoms with Crippen LogP contribution in [0.25, 0.3) is 0 Å². The molecule has 2 aromatic carbocycles. The number of nitrogens with two attached hydrogens (primary N) is 1. The van der Waals surface area contributed by atoms with E-state index < -0.39 is 34.0 Å². The van der Waals surface area contributed by atoms with Crippen molar-refractivity contribution in [1.82, 2.24) is 4.31 Å². The van der Waals surface area contributed by atoms with Crippen molar-refractivity contribution in [3.8, 4) is 0 Å². The van der Waals surface area contributed by atoms with Crippen molar-refractivity contribution < 1.29 is 26.3 Å². The van der Waals surface area contributed by atoms with E-state index in [9.17, 15) is 21.6 Å². The SMILES string of the molecule is Cc1ccc(S(=O)(=O)N(CCCN)C[C@H]2CC[C@@H]3[C@H](O2)c2cc(C(F)(F)F)ccc2N[C@H]3C2C=CC=CC2)cc1. The van der Waals surface area contributed by atoms with Crippen LogP contribution in [0.1, 0.15) is 48.5 Å². The summed E-state index contributed by atoms with van der Waals surface area (Å²) in [6, 6.07) is 10.5. The van der Waals surface area contributed by atoms with Crippen molar-refractivity contribution in [2.24, 2.45) is 17.6 Å². The molecule has 0 radical (unpaired) electrons. The third-order valence-electron chi connectivity index (χ3n) is 8.17. The summed E-state index contributed by atoms with van der Waals surface area (Å²) in [5.41, 5.74) is 7.07. The number of rotatable bonds is 8. The Labute approximate surface area is 234 Å². The molecule has 216 valence electrons. The van der Waals surface area contributed by atoms with Gasteiger partial charge in [0.1, 0.15) is 0 Å². The Morgan fingerprint density at radius 1 is 1.10 bits per heavy atom. The second kappa shape index (κ2) is 11.7. The molecule has 1 unspecified atom stereocenters. The van der Waals surface area contributed by atoms with Gasteiger partial charge < -0.3 is 15.8 Å². The van der Waals surface area contributed by atoms with Crippen molar-refractivity contribution in [2.75, 3.05) is 25.0 Å². The van der Waals surface area contributed by atoms with Crippen LogP contribution < -0.4 is 11.1 Å². The highest BCUT2D eigenvalue weighted by atomic mass is 32.2. The van der Waals surface area contributed by atoms with Crippen LogP contribution in [-0.4, -0.2) is 44.5 Å². The third kappa shape index (κ3) is 6.00. The summed E-state index contributed by atoms with van der Waals surface area (Å²) in [7, 11) is -3.81. The van der Waals surface area contributed by atoms with E-state index in [2.05, 4.69) is 17.5 Å². The lowest BCUT2D eigenvalue weighted by Gasteiger charge is -2.48. The molecule has 2 aliphatic heterocycles. The number of hydrogen-bond acceptors (Lipinski definition) is 5. The van der Waals surface area contributed by atoms with E-state index in [0.29, 0.717) is 37.1 Å². The van der Waals surface area contributed by atoms with Gasteiger partial charge in [-0.05, 0) is 69.5 Å². The largest absolute Gasteiger partial charge is 0.416 e. The van der Waals surface area contributed by atoms with Crippen LogP contribution in [0.4, 0.5) is 18.9 Å². The van der Waals surface area contributed by atoms with Crippen LogP contribution in [-0.2, 0) is 20.9 Å². The number of aryl methyl sites for hydroxylation is 1. The predicted octanol–water partition coefficient (Wildman–Crippen LogP) is 5.82. The number of nitrogens with one attached hydrogen (secondary N) is 1. The minimum absolute atomic E-state index is 0.0129. The van der Waals surface area contributed by atoms with Crippen LogP contribution in [0.2, 0.25) is 0 Å². The van der Waals surface area contributed by atoms with Crippen LogP contribution in [0, 0.1) is 18.8 Å². The first-order chi connectivity index (χ1) is 19.1. The van der Waals surface area contributed by atoms with Crippen molar-refractivity contribution in [2.45, 2.75) is 61.9 Å². The Morgan fingerprint density at radius 3 is 2.55 bits per heavy atom. The van der Waals surface area contributed by atoms with Crippen LogP contribution in [0.15, 0.2) is 71.7 Å². The third-order valence-corrected chi connectivity index (χ3v) is 10.1. The maximum absolute atomic E-state index is 13.7. The Balaban J connectivity index is 1.44. The van der Waals surface area contributed by atoms with Crippen molar-refractivity contribution >= 4 is 15.7 Å². The standard InChI is InChI=1S/C30H36F3N3O3S/c1-20-8-12-24(13-9-20)40(37,38)36(17-5-16-34)19-23-11-14-25-28(21-6-3-2-4-7-21)35-27-15-10-22(30(31,32)33)18-26(27)29(25)39-23/h2-4,6,8-10,12-13,15,18,21,23,25,28-29,35H,5,7,11,14,16-17,19,34H2,1H3/t21?,23-,25+,28+,29+/m1/s1. The van der Waals surface area contributed by atoms with Gasteiger partial charge in [-0.2, -0.15) is 17.5 Å². The fraction of sp³-hybridized carbons (Fsp3) is 0.467. The number of anilines is 1. The maximum Gasteiger partial charge on any atom is 0.416 e. The van der Waals surface area contributed by atoms with Crippen molar-refractivity contribution in [1.29, 1.82) is 0 Å². The molecule has 6 nitrogen and oxygen atoms in total. The molecule has 40 heavy (non-hydrogen) atoms. The monoisotopic (exact) mass is 575 g/mol. The molecule has 1 fully saturated rings. The molecule has 5 atom stereocenters. The van der Waals surface area contributed by atoms with E-state index >= 15 is 0 Å². The smallest absolute Gasteiger partial charge is 0.381 e. The number of benzene rings is 2. The second-order valence-electron chi connectivity index (χ2n) is 10.9. The number of nitrogens with zero attached hydrogens (tertiary/aromatic N) is 1. The molecule has 3 N–H and O–H groups in total. The quantitative estimate of drug-likeness (QED) is 0.415. The van der Waals surface area contributed by atoms with Crippen molar-refractivity contribution in [3.05, 3.63) is 83.5 Å². The van der Waals surface area contributed by atoms with E-state index in [4.69, 9.17) is 10.5 Å². The van der Waals surface area contributed by atoms with Gasteiger partial charge in [-0.25, -0.2) is 8.42 Å². The van der Waals surface area contributed by atoms with Gasteiger partial charge >= 0.3 is 6.18 Å². The van der Waals surface area contributed by atoms with Gasteiger partial charge in [-0.15, -0.1) is 0 Å². The van der Waals surface area contributed by atoms with Gasteiger partial charge in [-0.1, -0.05) is 42.0 Å². The molecule has 0 spiro atoms. The van der Waals surface area contributed by atoms with E-state index in [0.717, 1.165) is 18.1 Å². The Bertz CT molecular complexity index is 1360. The summed E-state index contributed by atoms with van der Waals surface area (Å²) in [4.78, 5) is 0.197. The normalized spacial score (nSPS) is 26.3. The summed E-state index contributed by atoms with van der Waals surface area (Å²) in [6.45, 7) is 2.57. The zero-order valence-electron chi connectivity index (χ0n) is 22.5. The zero-order chi connectivity index (χ0) is 28.5. The highest BCUT2D eigenvalue weighted by Gasteiger charge is 2.45. The average molecular weight is 576 g/mol. The van der Waals surface area contributed by atoms with Gasteiger partial charge in [0.15, 0.2) is 0 Å². The number of hydrogen-bond donors (Lipinski definition) is 2. The first-order valence-electron chi connectivity index (χ1n) is 13.8. The molecular weight excluding hydrogens is 539 g/mol. The minimum Gasteiger partial charge on any atom is -0.381 e. The molecule has 5 rings (SSSR count). The fourth-order valence-electron chi connectivity index (χ4n) is 6.06. The lowest BCUT2D eigenvalue weighted by Crippen LogP contribution is -2.49. The van der Waals surface area contributed by atoms with Crippen LogP contribution in [0.5, 0.6) is 0 Å². The van der Waals surface area contributed by atoms with Gasteiger partial charge in [0, 0.05) is 42.2 Å². The molecule has 1 aliphatic carbocycles. The average Bonchev–Trinajstić information content (AvgIpc) is 2.94. The number of ether oxygens (including phenoxy) is 1. The Kier molecular flexibility index (Phi) is 8.42. The van der Waals surface area contributed by atoms with Gasteiger partial charge in [0.25, 0.3) is 0 Å². The molecule has 3 aliphatic rings. The molecule has 2 heterocycles. The molecule has 0 aromatic heterocycles. The van der Waals surface area contributed by atoms with Crippen LogP contribution in [0.3, 0.4) is 0 Å².